The molecular weight excluding hydrogens is 267 g/mol. The van der Waals surface area contributed by atoms with Crippen molar-refractivity contribution in [1.82, 2.24) is 0 Å². The van der Waals surface area contributed by atoms with E-state index in [4.69, 9.17) is 17.3 Å². The number of primary amides is 1. The molecule has 2 aromatic rings. The van der Waals surface area contributed by atoms with Gasteiger partial charge in [-0.3, -0.25) is 4.79 Å². The summed E-state index contributed by atoms with van der Waals surface area (Å²) < 4.78 is 13.1. The molecule has 0 aromatic heterocycles. The van der Waals surface area contributed by atoms with Gasteiger partial charge in [0.05, 0.1) is 0 Å². The molecule has 5 heteroatoms. The Balaban J connectivity index is 2.26. The molecule has 19 heavy (non-hydrogen) atoms. The average molecular weight is 279 g/mol. The zero-order valence-corrected chi connectivity index (χ0v) is 10.7. The van der Waals surface area contributed by atoms with Crippen LogP contribution in [0, 0.1) is 5.82 Å². The van der Waals surface area contributed by atoms with Gasteiger partial charge in [-0.25, -0.2) is 4.39 Å². The molecule has 0 spiro atoms. The lowest BCUT2D eigenvalue weighted by Crippen LogP contribution is -2.27. The summed E-state index contributed by atoms with van der Waals surface area (Å²) in [5.74, 6) is -0.934. The third kappa shape index (κ3) is 3.45. The lowest BCUT2D eigenvalue weighted by atomic mass is 10.1. The molecule has 1 atom stereocenters. The molecule has 2 rings (SSSR count). The van der Waals surface area contributed by atoms with Crippen molar-refractivity contribution in [2.45, 2.75) is 6.04 Å². The molecule has 3 N–H and O–H groups in total. The van der Waals surface area contributed by atoms with Crippen LogP contribution in [0.5, 0.6) is 0 Å². The van der Waals surface area contributed by atoms with Crippen LogP contribution in [0.2, 0.25) is 5.02 Å². The van der Waals surface area contributed by atoms with Crippen molar-refractivity contribution in [2.75, 3.05) is 5.32 Å². The molecule has 0 heterocycles. The third-order valence-electron chi connectivity index (χ3n) is 2.62. The van der Waals surface area contributed by atoms with Crippen molar-refractivity contribution in [3.8, 4) is 0 Å². The largest absolute Gasteiger partial charge is 0.370 e. The van der Waals surface area contributed by atoms with Crippen LogP contribution in [0.3, 0.4) is 0 Å². The van der Waals surface area contributed by atoms with Crippen LogP contribution >= 0.6 is 11.6 Å². The van der Waals surface area contributed by atoms with Gasteiger partial charge in [-0.05, 0) is 35.9 Å². The van der Waals surface area contributed by atoms with Gasteiger partial charge < -0.3 is 11.1 Å². The van der Waals surface area contributed by atoms with Gasteiger partial charge in [-0.1, -0.05) is 29.8 Å². The molecule has 0 aliphatic heterocycles. The fourth-order valence-electron chi connectivity index (χ4n) is 1.72. The number of nitrogens with two attached hydrogens (primary N) is 1. The zero-order valence-electron chi connectivity index (χ0n) is 9.94. The molecule has 3 nitrogen and oxygen atoms in total. The summed E-state index contributed by atoms with van der Waals surface area (Å²) >= 11 is 5.79. The number of carbonyl (C=O) groups excluding carboxylic acids is 1. The topological polar surface area (TPSA) is 55.1 Å². The standard InChI is InChI=1S/C14H12ClFN2O/c15-10-6-4-9(5-7-10)13(14(17)19)18-12-3-1-2-11(16)8-12/h1-8,13,18H,(H2,17,19). The Morgan fingerprint density at radius 3 is 2.47 bits per heavy atom. The first kappa shape index (κ1) is 13.4. The van der Waals surface area contributed by atoms with Crippen LogP contribution in [0.15, 0.2) is 48.5 Å². The van der Waals surface area contributed by atoms with E-state index in [1.54, 1.807) is 36.4 Å². The first-order valence-electron chi connectivity index (χ1n) is 5.63. The predicted molar refractivity (Wildman–Crippen MR) is 73.4 cm³/mol. The summed E-state index contributed by atoms with van der Waals surface area (Å²) in [5.41, 5.74) is 6.52. The summed E-state index contributed by atoms with van der Waals surface area (Å²) in [6.07, 6.45) is 0. The molecule has 98 valence electrons. The maximum Gasteiger partial charge on any atom is 0.244 e. The van der Waals surface area contributed by atoms with Gasteiger partial charge in [0.25, 0.3) is 0 Å². The number of hydrogen-bond acceptors (Lipinski definition) is 2. The SMILES string of the molecule is NC(=O)C(Nc1cccc(F)c1)c1ccc(Cl)cc1. The van der Waals surface area contributed by atoms with Crippen molar-refractivity contribution in [2.24, 2.45) is 5.73 Å². The predicted octanol–water partition coefficient (Wildman–Crippen LogP) is 3.12. The Morgan fingerprint density at radius 2 is 1.89 bits per heavy atom. The molecule has 0 aliphatic rings. The second-order valence-electron chi connectivity index (χ2n) is 4.04. The second kappa shape index (κ2) is 5.71. The molecule has 0 radical (unpaired) electrons. The minimum Gasteiger partial charge on any atom is -0.370 e. The quantitative estimate of drug-likeness (QED) is 0.903. The Kier molecular flexibility index (Phi) is 4.02. The molecule has 0 saturated heterocycles. The lowest BCUT2D eigenvalue weighted by molar-refractivity contribution is -0.118. The molecule has 0 aliphatic carbocycles. The van der Waals surface area contributed by atoms with E-state index in [-0.39, 0.29) is 5.82 Å². The Labute approximate surface area is 115 Å². The van der Waals surface area contributed by atoms with Crippen molar-refractivity contribution in [1.29, 1.82) is 0 Å². The molecule has 2 aromatic carbocycles. The fourth-order valence-corrected chi connectivity index (χ4v) is 1.84. The van der Waals surface area contributed by atoms with Crippen LogP contribution in [0.25, 0.3) is 0 Å². The summed E-state index contributed by atoms with van der Waals surface area (Å²) in [7, 11) is 0. The number of nitrogens with one attached hydrogen (secondary N) is 1. The zero-order chi connectivity index (χ0) is 13.8. The monoisotopic (exact) mass is 278 g/mol. The molecular formula is C14H12ClFN2O. The van der Waals surface area contributed by atoms with E-state index in [2.05, 4.69) is 5.32 Å². The van der Waals surface area contributed by atoms with Gasteiger partial charge in [-0.2, -0.15) is 0 Å². The number of rotatable bonds is 4. The Bertz CT molecular complexity index is 586. The van der Waals surface area contributed by atoms with E-state index in [0.29, 0.717) is 16.3 Å². The van der Waals surface area contributed by atoms with E-state index < -0.39 is 11.9 Å². The fraction of sp³-hybridized carbons (Fsp3) is 0.0714. The van der Waals surface area contributed by atoms with E-state index in [9.17, 15) is 9.18 Å². The normalized spacial score (nSPS) is 11.9. The highest BCUT2D eigenvalue weighted by molar-refractivity contribution is 6.30. The number of benzene rings is 2. The summed E-state index contributed by atoms with van der Waals surface area (Å²) in [4.78, 5) is 11.5. The van der Waals surface area contributed by atoms with Crippen molar-refractivity contribution >= 4 is 23.2 Å². The highest BCUT2D eigenvalue weighted by atomic mass is 35.5. The molecule has 0 bridgehead atoms. The molecule has 1 amide bonds. The minimum absolute atomic E-state index is 0.385. The molecule has 0 saturated carbocycles. The van der Waals surface area contributed by atoms with Gasteiger partial charge in [-0.15, -0.1) is 0 Å². The highest BCUT2D eigenvalue weighted by Gasteiger charge is 2.17. The lowest BCUT2D eigenvalue weighted by Gasteiger charge is -2.17. The molecule has 1 unspecified atom stereocenters. The minimum atomic E-state index is -0.737. The van der Waals surface area contributed by atoms with E-state index in [1.807, 2.05) is 0 Å². The summed E-state index contributed by atoms with van der Waals surface area (Å²) in [6, 6.07) is 11.8. The van der Waals surface area contributed by atoms with Crippen LogP contribution in [-0.2, 0) is 4.79 Å². The second-order valence-corrected chi connectivity index (χ2v) is 4.48. The number of halogens is 2. The van der Waals surface area contributed by atoms with Crippen LogP contribution in [-0.4, -0.2) is 5.91 Å². The summed E-state index contributed by atoms with van der Waals surface area (Å²) in [6.45, 7) is 0. The molecule has 0 fully saturated rings. The first-order valence-corrected chi connectivity index (χ1v) is 6.01. The number of amides is 1. The van der Waals surface area contributed by atoms with E-state index in [0.717, 1.165) is 0 Å². The Hall–Kier alpha value is -2.07. The van der Waals surface area contributed by atoms with Gasteiger partial charge in [0.15, 0.2) is 0 Å². The number of hydrogen-bond donors (Lipinski definition) is 2. The van der Waals surface area contributed by atoms with Crippen molar-refractivity contribution in [3.63, 3.8) is 0 Å². The first-order chi connectivity index (χ1) is 9.06. The summed E-state index contributed by atoms with van der Waals surface area (Å²) in [5, 5.41) is 3.46. The highest BCUT2D eigenvalue weighted by Crippen LogP contribution is 2.21. The smallest absolute Gasteiger partial charge is 0.244 e. The van der Waals surface area contributed by atoms with Gasteiger partial charge in [0, 0.05) is 10.7 Å². The van der Waals surface area contributed by atoms with E-state index >= 15 is 0 Å². The average Bonchev–Trinajstić information content (AvgIpc) is 2.37. The van der Waals surface area contributed by atoms with E-state index in [1.165, 1.54) is 12.1 Å². The number of carbonyl (C=O) groups is 1. The van der Waals surface area contributed by atoms with Crippen LogP contribution in [0.1, 0.15) is 11.6 Å². The maximum atomic E-state index is 13.1. The third-order valence-corrected chi connectivity index (χ3v) is 2.88. The van der Waals surface area contributed by atoms with Crippen LogP contribution < -0.4 is 11.1 Å². The van der Waals surface area contributed by atoms with Crippen molar-refractivity contribution in [3.05, 3.63) is 64.9 Å². The van der Waals surface area contributed by atoms with Gasteiger partial charge in [0.2, 0.25) is 5.91 Å². The maximum absolute atomic E-state index is 13.1. The van der Waals surface area contributed by atoms with Gasteiger partial charge in [0.1, 0.15) is 11.9 Å². The van der Waals surface area contributed by atoms with Crippen LogP contribution in [0.4, 0.5) is 10.1 Å². The Morgan fingerprint density at radius 1 is 1.21 bits per heavy atom. The van der Waals surface area contributed by atoms with Crippen molar-refractivity contribution < 1.29 is 9.18 Å². The number of anilines is 1. The van der Waals surface area contributed by atoms with Gasteiger partial charge >= 0.3 is 0 Å².